The van der Waals surface area contributed by atoms with Gasteiger partial charge in [-0.1, -0.05) is 12.1 Å². The average Bonchev–Trinajstić information content (AvgIpc) is 2.38. The van der Waals surface area contributed by atoms with Gasteiger partial charge in [0, 0.05) is 13.1 Å². The lowest BCUT2D eigenvalue weighted by atomic mass is 9.99. The van der Waals surface area contributed by atoms with Gasteiger partial charge >= 0.3 is 6.18 Å². The van der Waals surface area contributed by atoms with Crippen LogP contribution in [0.1, 0.15) is 24.0 Å². The van der Waals surface area contributed by atoms with Gasteiger partial charge in [-0.2, -0.15) is 18.4 Å². The number of likely N-dealkylation sites (tertiary alicyclic amines) is 1. The molecule has 0 N–H and O–H groups in total. The third-order valence-electron chi connectivity index (χ3n) is 3.38. The molecule has 2 nitrogen and oxygen atoms in total. The minimum atomic E-state index is -4.28. The van der Waals surface area contributed by atoms with Crippen LogP contribution >= 0.6 is 0 Å². The molecule has 1 heterocycles. The van der Waals surface area contributed by atoms with E-state index in [2.05, 4.69) is 11.0 Å². The molecule has 1 atom stereocenters. The number of hydrogen-bond donors (Lipinski definition) is 0. The highest BCUT2D eigenvalue weighted by molar-refractivity contribution is 5.24. The number of nitrogens with zero attached hydrogens (tertiary/aromatic N) is 2. The minimum Gasteiger partial charge on any atom is -0.298 e. The van der Waals surface area contributed by atoms with Gasteiger partial charge in [-0.3, -0.25) is 4.90 Å². The van der Waals surface area contributed by atoms with E-state index in [4.69, 9.17) is 5.26 Å². The fraction of sp³-hybridized carbons (Fsp3) is 0.500. The molecule has 0 spiro atoms. The van der Waals surface area contributed by atoms with Crippen LogP contribution in [0.2, 0.25) is 0 Å². The first-order chi connectivity index (χ1) is 8.99. The summed E-state index contributed by atoms with van der Waals surface area (Å²) in [5, 5.41) is 8.90. The van der Waals surface area contributed by atoms with E-state index < -0.39 is 11.7 Å². The molecule has 0 radical (unpaired) electrons. The zero-order chi connectivity index (χ0) is 13.9. The molecule has 0 saturated carbocycles. The lowest BCUT2D eigenvalue weighted by molar-refractivity contribution is -0.137. The Kier molecular flexibility index (Phi) is 4.11. The van der Waals surface area contributed by atoms with Crippen LogP contribution in [0.5, 0.6) is 0 Å². The van der Waals surface area contributed by atoms with Gasteiger partial charge in [0.15, 0.2) is 0 Å². The van der Waals surface area contributed by atoms with Crippen LogP contribution in [0.25, 0.3) is 0 Å². The van der Waals surface area contributed by atoms with Crippen LogP contribution < -0.4 is 0 Å². The van der Waals surface area contributed by atoms with E-state index in [0.29, 0.717) is 13.1 Å². The SMILES string of the molecule is N#CC1CCCN(Cc2ccc(C(F)(F)F)cc2)C1. The molecule has 0 bridgehead atoms. The Hall–Kier alpha value is -1.54. The number of alkyl halides is 3. The maximum atomic E-state index is 12.4. The smallest absolute Gasteiger partial charge is 0.298 e. The van der Waals surface area contributed by atoms with Crippen LogP contribution in [-0.2, 0) is 12.7 Å². The second-order valence-electron chi connectivity index (χ2n) is 4.90. The molecule has 1 aliphatic heterocycles. The molecule has 0 aromatic heterocycles. The average molecular weight is 268 g/mol. The highest BCUT2D eigenvalue weighted by Crippen LogP contribution is 2.29. The number of hydrogen-bond acceptors (Lipinski definition) is 2. The van der Waals surface area contributed by atoms with E-state index in [9.17, 15) is 13.2 Å². The topological polar surface area (TPSA) is 27.0 Å². The fourth-order valence-corrected chi connectivity index (χ4v) is 2.36. The summed E-state index contributed by atoms with van der Waals surface area (Å²) in [6, 6.07) is 7.51. The van der Waals surface area contributed by atoms with Crippen molar-refractivity contribution in [2.24, 2.45) is 5.92 Å². The molecule has 5 heteroatoms. The van der Waals surface area contributed by atoms with Crippen molar-refractivity contribution in [3.63, 3.8) is 0 Å². The Morgan fingerprint density at radius 2 is 1.95 bits per heavy atom. The lowest BCUT2D eigenvalue weighted by Crippen LogP contribution is -2.34. The summed E-state index contributed by atoms with van der Waals surface area (Å²) in [4.78, 5) is 2.12. The van der Waals surface area contributed by atoms with Gasteiger partial charge in [0.25, 0.3) is 0 Å². The maximum absolute atomic E-state index is 12.4. The van der Waals surface area contributed by atoms with Crippen LogP contribution in [-0.4, -0.2) is 18.0 Å². The Labute approximate surface area is 110 Å². The largest absolute Gasteiger partial charge is 0.416 e. The summed E-state index contributed by atoms with van der Waals surface area (Å²) < 4.78 is 37.3. The molecule has 1 unspecified atom stereocenters. The minimum absolute atomic E-state index is 0.0446. The number of piperidine rings is 1. The highest BCUT2D eigenvalue weighted by atomic mass is 19.4. The zero-order valence-electron chi connectivity index (χ0n) is 10.5. The van der Waals surface area contributed by atoms with Gasteiger partial charge in [0.2, 0.25) is 0 Å². The van der Waals surface area contributed by atoms with Crippen molar-refractivity contribution >= 4 is 0 Å². The maximum Gasteiger partial charge on any atom is 0.416 e. The Morgan fingerprint density at radius 3 is 2.53 bits per heavy atom. The van der Waals surface area contributed by atoms with Crippen molar-refractivity contribution in [3.05, 3.63) is 35.4 Å². The van der Waals surface area contributed by atoms with E-state index in [-0.39, 0.29) is 5.92 Å². The van der Waals surface area contributed by atoms with E-state index in [1.54, 1.807) is 0 Å². The second-order valence-corrected chi connectivity index (χ2v) is 4.90. The van der Waals surface area contributed by atoms with Crippen molar-refractivity contribution in [3.8, 4) is 6.07 Å². The van der Waals surface area contributed by atoms with E-state index in [1.165, 1.54) is 12.1 Å². The molecule has 0 aliphatic carbocycles. The molecule has 1 aromatic rings. The van der Waals surface area contributed by atoms with Gasteiger partial charge in [0.05, 0.1) is 17.6 Å². The van der Waals surface area contributed by atoms with Crippen LogP contribution in [0.15, 0.2) is 24.3 Å². The molecule has 102 valence electrons. The molecule has 1 aromatic carbocycles. The highest BCUT2D eigenvalue weighted by Gasteiger charge is 2.30. The van der Waals surface area contributed by atoms with Crippen LogP contribution in [0, 0.1) is 17.2 Å². The van der Waals surface area contributed by atoms with Gasteiger partial charge in [-0.25, -0.2) is 0 Å². The molecular weight excluding hydrogens is 253 g/mol. The van der Waals surface area contributed by atoms with Crippen molar-refractivity contribution in [2.45, 2.75) is 25.6 Å². The quantitative estimate of drug-likeness (QED) is 0.821. The number of nitriles is 1. The van der Waals surface area contributed by atoms with Crippen molar-refractivity contribution in [1.82, 2.24) is 4.90 Å². The van der Waals surface area contributed by atoms with Gasteiger partial charge < -0.3 is 0 Å². The number of halogens is 3. The molecular formula is C14H15F3N2. The van der Waals surface area contributed by atoms with E-state index in [0.717, 1.165) is 37.1 Å². The molecule has 2 rings (SSSR count). The lowest BCUT2D eigenvalue weighted by Gasteiger charge is -2.29. The third-order valence-corrected chi connectivity index (χ3v) is 3.38. The number of benzene rings is 1. The summed E-state index contributed by atoms with van der Waals surface area (Å²) >= 11 is 0. The summed E-state index contributed by atoms with van der Waals surface area (Å²) in [5.74, 6) is 0.0446. The van der Waals surface area contributed by atoms with E-state index in [1.807, 2.05) is 0 Å². The summed E-state index contributed by atoms with van der Waals surface area (Å²) in [7, 11) is 0. The molecule has 19 heavy (non-hydrogen) atoms. The van der Waals surface area contributed by atoms with Gasteiger partial charge in [0.1, 0.15) is 0 Å². The first kappa shape index (κ1) is 13.9. The number of rotatable bonds is 2. The first-order valence-electron chi connectivity index (χ1n) is 6.27. The normalized spacial score (nSPS) is 21.1. The fourth-order valence-electron chi connectivity index (χ4n) is 2.36. The van der Waals surface area contributed by atoms with Crippen molar-refractivity contribution in [1.29, 1.82) is 5.26 Å². The first-order valence-corrected chi connectivity index (χ1v) is 6.27. The molecule has 1 aliphatic rings. The van der Waals surface area contributed by atoms with Crippen molar-refractivity contribution in [2.75, 3.05) is 13.1 Å². The predicted molar refractivity (Wildman–Crippen MR) is 65.1 cm³/mol. The van der Waals surface area contributed by atoms with Crippen molar-refractivity contribution < 1.29 is 13.2 Å². The van der Waals surface area contributed by atoms with Gasteiger partial charge in [-0.15, -0.1) is 0 Å². The zero-order valence-corrected chi connectivity index (χ0v) is 10.5. The van der Waals surface area contributed by atoms with Gasteiger partial charge in [-0.05, 0) is 37.1 Å². The summed E-state index contributed by atoms with van der Waals surface area (Å²) in [5.41, 5.74) is 0.233. The van der Waals surface area contributed by atoms with Crippen LogP contribution in [0.4, 0.5) is 13.2 Å². The second kappa shape index (κ2) is 5.62. The Bertz CT molecular complexity index is 459. The summed E-state index contributed by atoms with van der Waals surface area (Å²) in [6.45, 7) is 2.22. The summed E-state index contributed by atoms with van der Waals surface area (Å²) in [6.07, 6.45) is -2.39. The standard InChI is InChI=1S/C14H15F3N2/c15-14(16,17)13-5-3-11(4-6-13)9-19-7-1-2-12(8-18)10-19/h3-6,12H,1-2,7,9-10H2. The molecule has 0 amide bonds. The molecule has 1 fully saturated rings. The Morgan fingerprint density at radius 1 is 1.26 bits per heavy atom. The van der Waals surface area contributed by atoms with E-state index >= 15 is 0 Å². The third kappa shape index (κ3) is 3.71. The molecule has 1 saturated heterocycles. The predicted octanol–water partition coefficient (Wildman–Crippen LogP) is 3.44. The monoisotopic (exact) mass is 268 g/mol. The Balaban J connectivity index is 1.98. The van der Waals surface area contributed by atoms with Crippen LogP contribution in [0.3, 0.4) is 0 Å².